The summed E-state index contributed by atoms with van der Waals surface area (Å²) in [4.78, 5) is 30.0. The summed E-state index contributed by atoms with van der Waals surface area (Å²) in [5.41, 5.74) is 6.14. The second kappa shape index (κ2) is 7.50. The molecule has 2 unspecified atom stereocenters. The molecule has 6 nitrogen and oxygen atoms in total. The molecule has 0 bridgehead atoms. The molecule has 1 fully saturated rings. The zero-order valence-corrected chi connectivity index (χ0v) is 17.8. The number of ketones is 1. The third-order valence-electron chi connectivity index (χ3n) is 5.79. The van der Waals surface area contributed by atoms with E-state index in [-0.39, 0.29) is 23.7 Å². The molecule has 0 spiro atoms. The number of para-hydroxylation sites is 1. The van der Waals surface area contributed by atoms with Crippen LogP contribution in [0, 0.1) is 5.92 Å². The standard InChI is InChI=1S/C21H22N4O2S2/c1-13(26)17-11-15-18-16(12-28-21(15)29-17)19(23-22-18)20(27)25-9-7-24(8-10-25)14-5-3-2-4-6-14/h2-6,11,16,18,22H,7-10,12H2,1H3. The van der Waals surface area contributed by atoms with Crippen LogP contribution in [0.3, 0.4) is 0 Å². The summed E-state index contributed by atoms with van der Waals surface area (Å²) in [6.45, 7) is 4.67. The van der Waals surface area contributed by atoms with Gasteiger partial charge in [-0.2, -0.15) is 5.10 Å². The van der Waals surface area contributed by atoms with Crippen LogP contribution in [0.2, 0.25) is 0 Å². The van der Waals surface area contributed by atoms with Crippen molar-refractivity contribution >= 4 is 46.2 Å². The number of amides is 1. The molecule has 4 heterocycles. The van der Waals surface area contributed by atoms with Gasteiger partial charge in [0.1, 0.15) is 5.71 Å². The Labute approximate surface area is 178 Å². The van der Waals surface area contributed by atoms with E-state index >= 15 is 0 Å². The summed E-state index contributed by atoms with van der Waals surface area (Å²) >= 11 is 3.29. The van der Waals surface area contributed by atoms with Gasteiger partial charge >= 0.3 is 0 Å². The first-order valence-electron chi connectivity index (χ1n) is 9.81. The van der Waals surface area contributed by atoms with Crippen LogP contribution in [0.25, 0.3) is 0 Å². The van der Waals surface area contributed by atoms with E-state index in [1.807, 2.05) is 29.2 Å². The highest BCUT2D eigenvalue weighted by atomic mass is 32.2. The van der Waals surface area contributed by atoms with Crippen molar-refractivity contribution in [2.45, 2.75) is 17.2 Å². The molecule has 3 aliphatic heterocycles. The van der Waals surface area contributed by atoms with E-state index in [0.717, 1.165) is 29.3 Å². The van der Waals surface area contributed by atoms with Crippen LogP contribution >= 0.6 is 23.1 Å². The summed E-state index contributed by atoms with van der Waals surface area (Å²) in [5.74, 6) is 1.01. The largest absolute Gasteiger partial charge is 0.368 e. The third-order valence-corrected chi connectivity index (χ3v) is 8.46. The summed E-state index contributed by atoms with van der Waals surface area (Å²) in [6, 6.07) is 12.3. The van der Waals surface area contributed by atoms with Gasteiger partial charge in [-0.25, -0.2) is 0 Å². The van der Waals surface area contributed by atoms with E-state index < -0.39 is 0 Å². The number of Topliss-reactive ketones (excluding diaryl/α,β-unsaturated/α-hetero) is 1. The van der Waals surface area contributed by atoms with E-state index in [2.05, 4.69) is 27.6 Å². The summed E-state index contributed by atoms with van der Waals surface area (Å²) in [5, 5.41) is 4.45. The number of hydrogen-bond acceptors (Lipinski definition) is 7. The molecule has 3 aliphatic rings. The van der Waals surface area contributed by atoms with Crippen molar-refractivity contribution in [2.75, 3.05) is 36.8 Å². The van der Waals surface area contributed by atoms with Gasteiger partial charge in [0.2, 0.25) is 0 Å². The Morgan fingerprint density at radius 3 is 2.62 bits per heavy atom. The highest BCUT2D eigenvalue weighted by Crippen LogP contribution is 2.46. The SMILES string of the molecule is CC(=O)c1cc2c(s1)SCC1C(C(=O)N3CCN(c4ccccc4)CC3)=NNC21. The molecule has 1 aromatic heterocycles. The van der Waals surface area contributed by atoms with Gasteiger partial charge in [-0.3, -0.25) is 9.59 Å². The Kier molecular flexibility index (Phi) is 4.83. The fourth-order valence-corrected chi connectivity index (χ4v) is 6.74. The highest BCUT2D eigenvalue weighted by Gasteiger charge is 2.43. The average molecular weight is 427 g/mol. The lowest BCUT2D eigenvalue weighted by Gasteiger charge is -2.36. The lowest BCUT2D eigenvalue weighted by molar-refractivity contribution is -0.124. The summed E-state index contributed by atoms with van der Waals surface area (Å²) < 4.78 is 1.17. The first kappa shape index (κ1) is 18.7. The lowest BCUT2D eigenvalue weighted by atomic mass is 9.92. The predicted molar refractivity (Wildman–Crippen MR) is 117 cm³/mol. The Balaban J connectivity index is 1.27. The fourth-order valence-electron chi connectivity index (χ4n) is 4.16. The van der Waals surface area contributed by atoms with E-state index in [1.54, 1.807) is 30.0 Å². The second-order valence-electron chi connectivity index (χ2n) is 7.55. The second-order valence-corrected chi connectivity index (χ2v) is 9.89. The van der Waals surface area contributed by atoms with E-state index in [1.165, 1.54) is 9.90 Å². The van der Waals surface area contributed by atoms with Crippen LogP contribution in [0.4, 0.5) is 5.69 Å². The number of hydrazone groups is 1. The van der Waals surface area contributed by atoms with Gasteiger partial charge in [-0.05, 0) is 25.1 Å². The monoisotopic (exact) mass is 426 g/mol. The molecule has 5 rings (SSSR count). The maximum atomic E-state index is 13.2. The smallest absolute Gasteiger partial charge is 0.270 e. The molecule has 0 aliphatic carbocycles. The van der Waals surface area contributed by atoms with E-state index in [0.29, 0.717) is 18.8 Å². The minimum absolute atomic E-state index is 0.000146. The summed E-state index contributed by atoms with van der Waals surface area (Å²) in [6.07, 6.45) is 0. The molecule has 29 heavy (non-hydrogen) atoms. The van der Waals surface area contributed by atoms with Gasteiger partial charge in [0.05, 0.1) is 15.1 Å². The quantitative estimate of drug-likeness (QED) is 0.765. The number of nitrogens with zero attached hydrogens (tertiary/aromatic N) is 3. The van der Waals surface area contributed by atoms with Crippen molar-refractivity contribution < 1.29 is 9.59 Å². The van der Waals surface area contributed by atoms with Gasteiger partial charge in [0.15, 0.2) is 5.78 Å². The van der Waals surface area contributed by atoms with Crippen molar-refractivity contribution in [1.82, 2.24) is 10.3 Å². The van der Waals surface area contributed by atoms with Crippen molar-refractivity contribution in [1.29, 1.82) is 0 Å². The third kappa shape index (κ3) is 3.34. The molecule has 0 radical (unpaired) electrons. The maximum absolute atomic E-state index is 13.2. The number of rotatable bonds is 3. The fraction of sp³-hybridized carbons (Fsp3) is 0.381. The first-order valence-corrected chi connectivity index (χ1v) is 11.6. The van der Waals surface area contributed by atoms with Gasteiger partial charge in [0, 0.05) is 49.1 Å². The van der Waals surface area contributed by atoms with Gasteiger partial charge in [0.25, 0.3) is 5.91 Å². The molecule has 150 valence electrons. The Morgan fingerprint density at radius 1 is 1.14 bits per heavy atom. The zero-order chi connectivity index (χ0) is 20.0. The first-order chi connectivity index (χ1) is 14.1. The number of thiophene rings is 1. The molecule has 8 heteroatoms. The molecule has 2 aromatic rings. The molecule has 1 N–H and O–H groups in total. The Morgan fingerprint density at radius 2 is 1.90 bits per heavy atom. The molecule has 1 saturated heterocycles. The molecule has 1 amide bonds. The van der Waals surface area contributed by atoms with Crippen LogP contribution in [0.15, 0.2) is 45.7 Å². The van der Waals surface area contributed by atoms with Crippen LogP contribution in [0.5, 0.6) is 0 Å². The predicted octanol–water partition coefficient (Wildman–Crippen LogP) is 3.02. The Bertz CT molecular complexity index is 980. The average Bonchev–Trinajstić information content (AvgIpc) is 3.38. The minimum atomic E-state index is 0.000146. The lowest BCUT2D eigenvalue weighted by Crippen LogP contribution is -2.51. The number of carbonyl (C=O) groups is 2. The zero-order valence-electron chi connectivity index (χ0n) is 16.1. The van der Waals surface area contributed by atoms with Crippen LogP contribution < -0.4 is 10.3 Å². The number of fused-ring (bicyclic) bond motifs is 3. The molecule has 1 aromatic carbocycles. The van der Waals surface area contributed by atoms with Crippen LogP contribution in [-0.2, 0) is 4.79 Å². The molecular weight excluding hydrogens is 404 g/mol. The van der Waals surface area contributed by atoms with Crippen LogP contribution in [-0.4, -0.2) is 54.2 Å². The van der Waals surface area contributed by atoms with E-state index in [9.17, 15) is 9.59 Å². The topological polar surface area (TPSA) is 65.0 Å². The van der Waals surface area contributed by atoms with Crippen molar-refractivity contribution in [3.8, 4) is 0 Å². The van der Waals surface area contributed by atoms with Gasteiger partial charge < -0.3 is 15.2 Å². The number of thioether (sulfide) groups is 1. The molecule has 2 atom stereocenters. The summed E-state index contributed by atoms with van der Waals surface area (Å²) in [7, 11) is 0. The molecule has 0 saturated carbocycles. The number of nitrogens with one attached hydrogen (secondary N) is 1. The highest BCUT2D eigenvalue weighted by molar-refractivity contribution is 8.01. The van der Waals surface area contributed by atoms with Crippen molar-refractivity contribution in [3.05, 3.63) is 46.8 Å². The van der Waals surface area contributed by atoms with Crippen molar-refractivity contribution in [2.24, 2.45) is 11.0 Å². The number of hydrogen-bond donors (Lipinski definition) is 1. The number of carbonyl (C=O) groups excluding carboxylic acids is 2. The van der Waals surface area contributed by atoms with Crippen molar-refractivity contribution in [3.63, 3.8) is 0 Å². The minimum Gasteiger partial charge on any atom is -0.368 e. The normalized spacial score (nSPS) is 23.1. The maximum Gasteiger partial charge on any atom is 0.270 e. The number of benzene rings is 1. The number of anilines is 1. The van der Waals surface area contributed by atoms with Crippen LogP contribution in [0.1, 0.15) is 28.2 Å². The number of piperazine rings is 1. The Hall–Kier alpha value is -2.32. The van der Waals surface area contributed by atoms with Gasteiger partial charge in [-0.1, -0.05) is 18.2 Å². The molecular formula is C21H22N4O2S2. The van der Waals surface area contributed by atoms with Gasteiger partial charge in [-0.15, -0.1) is 23.1 Å². The van der Waals surface area contributed by atoms with E-state index in [4.69, 9.17) is 0 Å².